The van der Waals surface area contributed by atoms with Crippen molar-refractivity contribution >= 4 is 10.8 Å². The summed E-state index contributed by atoms with van der Waals surface area (Å²) in [5.41, 5.74) is 7.56. The van der Waals surface area contributed by atoms with Crippen LogP contribution in [0.5, 0.6) is 17.2 Å². The number of aromatic hydroxyl groups is 1. The molecule has 0 saturated heterocycles. The highest BCUT2D eigenvalue weighted by Gasteiger charge is 2.57. The van der Waals surface area contributed by atoms with Crippen molar-refractivity contribution in [1.29, 1.82) is 0 Å². The first kappa shape index (κ1) is 20.0. The number of fused-ring (bicyclic) bond motifs is 10. The molecule has 34 heavy (non-hydrogen) atoms. The molecular formula is C31H28O3. The monoisotopic (exact) mass is 448 g/mol. The Balaban J connectivity index is 1.54. The van der Waals surface area contributed by atoms with Gasteiger partial charge in [0, 0.05) is 16.4 Å². The fraction of sp³-hybridized carbons (Fsp3) is 0.290. The molecule has 3 heteroatoms. The van der Waals surface area contributed by atoms with Gasteiger partial charge in [0.2, 0.25) is 0 Å². The van der Waals surface area contributed by atoms with Gasteiger partial charge >= 0.3 is 0 Å². The number of phenolic OH excluding ortho intramolecular Hbond substituents is 1. The summed E-state index contributed by atoms with van der Waals surface area (Å²) in [6.45, 7) is 0. The van der Waals surface area contributed by atoms with E-state index in [0.717, 1.165) is 39.3 Å². The van der Waals surface area contributed by atoms with E-state index >= 15 is 0 Å². The SMILES string of the molecule is COc1ccc(-c2cc3c4c(cc(O)c3cc2OC)C2(CC3CCC2C3)c2ccccc2-4)cc1. The summed E-state index contributed by atoms with van der Waals surface area (Å²) in [6.07, 6.45) is 5.15. The summed E-state index contributed by atoms with van der Waals surface area (Å²) in [5, 5.41) is 13.3. The number of hydrogen-bond donors (Lipinski definition) is 1. The number of phenols is 1. The molecule has 4 aromatic carbocycles. The third-order valence-corrected chi connectivity index (χ3v) is 8.84. The number of methoxy groups -OCH3 is 2. The summed E-state index contributed by atoms with van der Waals surface area (Å²) in [4.78, 5) is 0. The Kier molecular flexibility index (Phi) is 4.12. The van der Waals surface area contributed by atoms with E-state index in [4.69, 9.17) is 9.47 Å². The minimum absolute atomic E-state index is 0.0424. The van der Waals surface area contributed by atoms with Gasteiger partial charge in [0.25, 0.3) is 0 Å². The Labute approximate surface area is 200 Å². The van der Waals surface area contributed by atoms with Gasteiger partial charge in [0.1, 0.15) is 17.2 Å². The van der Waals surface area contributed by atoms with Gasteiger partial charge < -0.3 is 14.6 Å². The average molecular weight is 449 g/mol. The highest BCUT2D eigenvalue weighted by Crippen LogP contribution is 2.67. The van der Waals surface area contributed by atoms with Gasteiger partial charge in [-0.05, 0) is 94.6 Å². The molecular weight excluding hydrogens is 420 g/mol. The molecule has 1 spiro atoms. The second kappa shape index (κ2) is 7.02. The van der Waals surface area contributed by atoms with Gasteiger partial charge in [-0.15, -0.1) is 0 Å². The van der Waals surface area contributed by atoms with Gasteiger partial charge in [-0.2, -0.15) is 0 Å². The van der Waals surface area contributed by atoms with Crippen molar-refractivity contribution in [3.05, 3.63) is 77.9 Å². The van der Waals surface area contributed by atoms with Crippen LogP contribution in [0.2, 0.25) is 0 Å². The van der Waals surface area contributed by atoms with E-state index in [1.165, 1.54) is 47.9 Å². The predicted molar refractivity (Wildman–Crippen MR) is 136 cm³/mol. The van der Waals surface area contributed by atoms with Gasteiger partial charge in [0.05, 0.1) is 14.2 Å². The van der Waals surface area contributed by atoms with E-state index < -0.39 is 0 Å². The van der Waals surface area contributed by atoms with Crippen LogP contribution < -0.4 is 9.47 Å². The number of ether oxygens (including phenoxy) is 2. The van der Waals surface area contributed by atoms with E-state index in [2.05, 4.69) is 48.5 Å². The second-order valence-corrected chi connectivity index (χ2v) is 10.2. The van der Waals surface area contributed by atoms with E-state index in [1.54, 1.807) is 14.2 Å². The van der Waals surface area contributed by atoms with Gasteiger partial charge in [-0.25, -0.2) is 0 Å². The molecule has 3 unspecified atom stereocenters. The summed E-state index contributed by atoms with van der Waals surface area (Å²) < 4.78 is 11.2. The van der Waals surface area contributed by atoms with Crippen molar-refractivity contribution in [3.8, 4) is 39.5 Å². The zero-order chi connectivity index (χ0) is 23.0. The maximum absolute atomic E-state index is 11.3. The maximum Gasteiger partial charge on any atom is 0.127 e. The Hall–Kier alpha value is -3.46. The number of benzene rings is 4. The summed E-state index contributed by atoms with van der Waals surface area (Å²) in [5.74, 6) is 3.40. The van der Waals surface area contributed by atoms with Gasteiger partial charge in [-0.3, -0.25) is 0 Å². The normalized spacial score (nSPS) is 23.9. The number of hydrogen-bond acceptors (Lipinski definition) is 3. The standard InChI is InChI=1S/C31H28O3/c1-33-21-11-8-19(9-12-21)23-14-25-24(15-29(23)34-2)28(32)16-27-30(25)22-5-3-4-6-26(22)31(27)17-18-7-10-20(31)13-18/h3-6,8-9,11-12,14-16,18,20,32H,7,10,13,17H2,1-2H3. The van der Waals surface area contributed by atoms with E-state index in [0.29, 0.717) is 11.7 Å². The fourth-order valence-electron chi connectivity index (χ4n) is 7.46. The average Bonchev–Trinajstić information content (AvgIpc) is 3.57. The van der Waals surface area contributed by atoms with Crippen molar-refractivity contribution < 1.29 is 14.6 Å². The molecule has 2 saturated carbocycles. The molecule has 1 N–H and O–H groups in total. The summed E-state index contributed by atoms with van der Waals surface area (Å²) >= 11 is 0. The smallest absolute Gasteiger partial charge is 0.127 e. The van der Waals surface area contributed by atoms with Crippen LogP contribution in [0.25, 0.3) is 33.0 Å². The molecule has 0 radical (unpaired) electrons. The largest absolute Gasteiger partial charge is 0.507 e. The molecule has 0 aromatic heterocycles. The van der Waals surface area contributed by atoms with Crippen LogP contribution >= 0.6 is 0 Å². The Morgan fingerprint density at radius 1 is 0.824 bits per heavy atom. The molecule has 0 aliphatic heterocycles. The molecule has 3 aliphatic carbocycles. The van der Waals surface area contributed by atoms with Crippen molar-refractivity contribution in [2.75, 3.05) is 14.2 Å². The molecule has 0 heterocycles. The van der Waals surface area contributed by atoms with Crippen LogP contribution in [0, 0.1) is 11.8 Å². The lowest BCUT2D eigenvalue weighted by Crippen LogP contribution is -2.31. The third-order valence-electron chi connectivity index (χ3n) is 8.84. The molecule has 3 atom stereocenters. The quantitative estimate of drug-likeness (QED) is 0.357. The Morgan fingerprint density at radius 2 is 1.65 bits per heavy atom. The lowest BCUT2D eigenvalue weighted by molar-refractivity contribution is 0.326. The topological polar surface area (TPSA) is 38.7 Å². The predicted octanol–water partition coefficient (Wildman–Crippen LogP) is 7.32. The summed E-state index contributed by atoms with van der Waals surface area (Å²) in [7, 11) is 3.37. The third kappa shape index (κ3) is 2.47. The van der Waals surface area contributed by atoms with Gasteiger partial charge in [0.15, 0.2) is 0 Å². The first-order valence-electron chi connectivity index (χ1n) is 12.3. The second-order valence-electron chi connectivity index (χ2n) is 10.2. The van der Waals surface area contributed by atoms with Crippen LogP contribution in [-0.2, 0) is 5.41 Å². The van der Waals surface area contributed by atoms with Crippen LogP contribution in [0.15, 0.2) is 66.7 Å². The van der Waals surface area contributed by atoms with Crippen LogP contribution in [-0.4, -0.2) is 19.3 Å². The minimum Gasteiger partial charge on any atom is -0.507 e. The molecule has 3 nitrogen and oxygen atoms in total. The highest BCUT2D eigenvalue weighted by molar-refractivity contribution is 6.07. The van der Waals surface area contributed by atoms with Gasteiger partial charge in [-0.1, -0.05) is 42.8 Å². The molecule has 2 fully saturated rings. The lowest BCUT2D eigenvalue weighted by Gasteiger charge is -2.36. The van der Waals surface area contributed by atoms with Crippen molar-refractivity contribution in [2.24, 2.45) is 11.8 Å². The molecule has 170 valence electrons. The summed E-state index contributed by atoms with van der Waals surface area (Å²) in [6, 6.07) is 23.3. The van der Waals surface area contributed by atoms with Crippen LogP contribution in [0.4, 0.5) is 0 Å². The zero-order valence-corrected chi connectivity index (χ0v) is 19.6. The fourth-order valence-corrected chi connectivity index (χ4v) is 7.46. The van der Waals surface area contributed by atoms with E-state index in [9.17, 15) is 5.11 Å². The van der Waals surface area contributed by atoms with E-state index in [1.807, 2.05) is 18.2 Å². The highest BCUT2D eigenvalue weighted by atomic mass is 16.5. The van der Waals surface area contributed by atoms with Crippen LogP contribution in [0.3, 0.4) is 0 Å². The van der Waals surface area contributed by atoms with E-state index in [-0.39, 0.29) is 5.41 Å². The molecule has 2 bridgehead atoms. The maximum atomic E-state index is 11.3. The molecule has 4 aromatic rings. The van der Waals surface area contributed by atoms with Crippen molar-refractivity contribution in [1.82, 2.24) is 0 Å². The first-order chi connectivity index (χ1) is 16.6. The lowest BCUT2D eigenvalue weighted by atomic mass is 9.66. The molecule has 7 rings (SSSR count). The minimum atomic E-state index is 0.0424. The van der Waals surface area contributed by atoms with Crippen LogP contribution in [0.1, 0.15) is 36.8 Å². The van der Waals surface area contributed by atoms with Crippen molar-refractivity contribution in [3.63, 3.8) is 0 Å². The first-order valence-corrected chi connectivity index (χ1v) is 12.3. The zero-order valence-electron chi connectivity index (χ0n) is 19.6. The molecule has 0 amide bonds. The Bertz CT molecular complexity index is 1450. The molecule has 3 aliphatic rings. The van der Waals surface area contributed by atoms with Crippen molar-refractivity contribution in [2.45, 2.75) is 31.1 Å². The Morgan fingerprint density at radius 3 is 2.35 bits per heavy atom. The number of rotatable bonds is 3.